The number of carbonyl (C=O) groups is 3. The lowest BCUT2D eigenvalue weighted by Crippen LogP contribution is -2.46. The molecule has 0 fully saturated rings. The first-order valence-corrected chi connectivity index (χ1v) is 7.06. The molecule has 0 aliphatic carbocycles. The van der Waals surface area contributed by atoms with Gasteiger partial charge in [-0.25, -0.2) is 14.6 Å². The molecule has 0 saturated carbocycles. The summed E-state index contributed by atoms with van der Waals surface area (Å²) in [7, 11) is 2.76. The number of methoxy groups -OCH3 is 1. The molecular weight excluding hydrogens is 298 g/mol. The predicted octanol–water partition coefficient (Wildman–Crippen LogP) is 0.691. The van der Waals surface area contributed by atoms with E-state index in [4.69, 9.17) is 5.11 Å². The van der Waals surface area contributed by atoms with Gasteiger partial charge in [0, 0.05) is 18.8 Å². The van der Waals surface area contributed by atoms with Crippen LogP contribution in [0.3, 0.4) is 0 Å². The van der Waals surface area contributed by atoms with Crippen molar-refractivity contribution in [1.82, 2.24) is 15.2 Å². The highest BCUT2D eigenvalue weighted by Gasteiger charge is 2.23. The van der Waals surface area contributed by atoms with Gasteiger partial charge in [-0.2, -0.15) is 0 Å². The van der Waals surface area contributed by atoms with Gasteiger partial charge in [0.1, 0.15) is 6.04 Å². The Morgan fingerprint density at radius 1 is 1.52 bits per heavy atom. The highest BCUT2D eigenvalue weighted by atomic mass is 32.1. The number of carboxylic acids is 1. The first-order valence-electron chi connectivity index (χ1n) is 6.12. The third kappa shape index (κ3) is 5.78. The summed E-state index contributed by atoms with van der Waals surface area (Å²) in [5.74, 6) is -1.72. The third-order valence-corrected chi connectivity index (χ3v) is 3.33. The van der Waals surface area contributed by atoms with Crippen LogP contribution >= 0.6 is 11.3 Å². The van der Waals surface area contributed by atoms with Crippen molar-refractivity contribution >= 4 is 29.3 Å². The molecule has 2 N–H and O–H groups in total. The number of hydrogen-bond donors (Lipinski definition) is 2. The van der Waals surface area contributed by atoms with Crippen molar-refractivity contribution in [2.75, 3.05) is 14.2 Å². The van der Waals surface area contributed by atoms with E-state index < -0.39 is 24.0 Å². The Balaban J connectivity index is 2.51. The normalized spacial score (nSPS) is 11.5. The first kappa shape index (κ1) is 16.9. The highest BCUT2D eigenvalue weighted by molar-refractivity contribution is 7.07. The van der Waals surface area contributed by atoms with E-state index in [0.717, 1.165) is 5.69 Å². The van der Waals surface area contributed by atoms with Gasteiger partial charge >= 0.3 is 18.0 Å². The lowest BCUT2D eigenvalue weighted by Gasteiger charge is -2.20. The lowest BCUT2D eigenvalue weighted by molar-refractivity contribution is -0.142. The average Bonchev–Trinajstić information content (AvgIpc) is 2.95. The molecule has 1 aromatic rings. The number of thiazole rings is 1. The molecule has 0 radical (unpaired) electrons. The van der Waals surface area contributed by atoms with Crippen molar-refractivity contribution < 1.29 is 24.2 Å². The second-order valence-corrected chi connectivity index (χ2v) is 5.01. The number of aromatic nitrogens is 1. The minimum atomic E-state index is -1.20. The molecule has 1 aromatic heterocycles. The van der Waals surface area contributed by atoms with E-state index in [1.165, 1.54) is 30.4 Å². The van der Waals surface area contributed by atoms with Gasteiger partial charge in [0.2, 0.25) is 0 Å². The van der Waals surface area contributed by atoms with Gasteiger partial charge in [-0.05, 0) is 6.42 Å². The minimum Gasteiger partial charge on any atom is -0.480 e. The molecule has 21 heavy (non-hydrogen) atoms. The molecule has 2 amide bonds. The molecule has 116 valence electrons. The molecular formula is C12H17N3O5S. The van der Waals surface area contributed by atoms with Gasteiger partial charge < -0.3 is 20.1 Å². The Bertz CT molecular complexity index is 491. The molecule has 0 saturated heterocycles. The fourth-order valence-corrected chi connectivity index (χ4v) is 2.06. The smallest absolute Gasteiger partial charge is 0.326 e. The van der Waals surface area contributed by atoms with Crippen molar-refractivity contribution in [3.63, 3.8) is 0 Å². The monoisotopic (exact) mass is 315 g/mol. The number of carbonyl (C=O) groups excluding carboxylic acids is 2. The van der Waals surface area contributed by atoms with Gasteiger partial charge in [0.25, 0.3) is 0 Å². The van der Waals surface area contributed by atoms with Crippen LogP contribution in [-0.4, -0.2) is 53.2 Å². The van der Waals surface area contributed by atoms with Crippen LogP contribution in [0.2, 0.25) is 0 Å². The van der Waals surface area contributed by atoms with Crippen molar-refractivity contribution in [3.05, 3.63) is 16.6 Å². The Morgan fingerprint density at radius 2 is 2.24 bits per heavy atom. The van der Waals surface area contributed by atoms with Crippen LogP contribution in [0.4, 0.5) is 4.79 Å². The zero-order valence-corrected chi connectivity index (χ0v) is 12.6. The van der Waals surface area contributed by atoms with Crippen molar-refractivity contribution in [3.8, 4) is 0 Å². The molecule has 0 aromatic carbocycles. The molecule has 1 rings (SSSR count). The maximum atomic E-state index is 11.9. The Labute approximate surface area is 125 Å². The van der Waals surface area contributed by atoms with E-state index in [-0.39, 0.29) is 19.4 Å². The number of aliphatic carboxylic acids is 1. The quantitative estimate of drug-likeness (QED) is 0.717. The number of hydrogen-bond acceptors (Lipinski definition) is 6. The number of nitrogens with one attached hydrogen (secondary N) is 1. The number of amides is 2. The van der Waals surface area contributed by atoms with E-state index in [1.807, 2.05) is 0 Å². The van der Waals surface area contributed by atoms with Gasteiger partial charge in [-0.3, -0.25) is 4.79 Å². The zero-order valence-electron chi connectivity index (χ0n) is 11.7. The minimum absolute atomic E-state index is 0.0295. The van der Waals surface area contributed by atoms with Gasteiger partial charge in [-0.1, -0.05) is 0 Å². The molecule has 0 aliphatic heterocycles. The van der Waals surface area contributed by atoms with Gasteiger partial charge in [0.15, 0.2) is 0 Å². The molecule has 0 spiro atoms. The summed E-state index contributed by atoms with van der Waals surface area (Å²) in [6, 6.07) is -1.69. The van der Waals surface area contributed by atoms with E-state index in [9.17, 15) is 14.4 Å². The number of carboxylic acid groups (broad SMARTS) is 1. The number of esters is 1. The molecule has 1 atom stereocenters. The summed E-state index contributed by atoms with van der Waals surface area (Å²) in [6.45, 7) is 0.276. The average molecular weight is 315 g/mol. The second-order valence-electron chi connectivity index (χ2n) is 4.29. The van der Waals surface area contributed by atoms with Gasteiger partial charge in [0.05, 0.1) is 24.9 Å². The van der Waals surface area contributed by atoms with Crippen molar-refractivity contribution in [2.24, 2.45) is 0 Å². The molecule has 1 heterocycles. The molecule has 0 aliphatic rings. The van der Waals surface area contributed by atoms with Crippen LogP contribution in [0.1, 0.15) is 18.5 Å². The van der Waals surface area contributed by atoms with Crippen LogP contribution in [-0.2, 0) is 20.9 Å². The fraction of sp³-hybridized carbons (Fsp3) is 0.500. The van der Waals surface area contributed by atoms with Crippen LogP contribution in [0, 0.1) is 0 Å². The van der Waals surface area contributed by atoms with Crippen LogP contribution < -0.4 is 5.32 Å². The number of rotatable bonds is 7. The summed E-state index contributed by atoms with van der Waals surface area (Å²) >= 11 is 1.41. The van der Waals surface area contributed by atoms with E-state index in [1.54, 1.807) is 10.9 Å². The van der Waals surface area contributed by atoms with Gasteiger partial charge in [-0.15, -0.1) is 11.3 Å². The molecule has 8 nitrogen and oxygen atoms in total. The summed E-state index contributed by atoms with van der Waals surface area (Å²) in [6.07, 6.45) is -0.109. The summed E-state index contributed by atoms with van der Waals surface area (Å²) in [5.41, 5.74) is 2.37. The second kappa shape index (κ2) is 8.20. The highest BCUT2D eigenvalue weighted by Crippen LogP contribution is 2.05. The maximum Gasteiger partial charge on any atom is 0.326 e. The first-order chi connectivity index (χ1) is 9.93. The van der Waals surface area contributed by atoms with E-state index in [2.05, 4.69) is 15.0 Å². The van der Waals surface area contributed by atoms with Crippen molar-refractivity contribution in [1.29, 1.82) is 0 Å². The number of urea groups is 1. The summed E-state index contributed by atoms with van der Waals surface area (Å²) in [4.78, 5) is 39.4. The zero-order chi connectivity index (χ0) is 15.8. The summed E-state index contributed by atoms with van der Waals surface area (Å²) in [5, 5.41) is 13.2. The fourth-order valence-electron chi connectivity index (χ4n) is 1.51. The Morgan fingerprint density at radius 3 is 2.76 bits per heavy atom. The third-order valence-electron chi connectivity index (χ3n) is 2.69. The van der Waals surface area contributed by atoms with Crippen LogP contribution in [0.15, 0.2) is 10.9 Å². The largest absolute Gasteiger partial charge is 0.480 e. The van der Waals surface area contributed by atoms with Crippen LogP contribution in [0.25, 0.3) is 0 Å². The summed E-state index contributed by atoms with van der Waals surface area (Å²) < 4.78 is 4.44. The predicted molar refractivity (Wildman–Crippen MR) is 74.8 cm³/mol. The SMILES string of the molecule is COC(=O)CC[C@@H](NC(=O)N(C)Cc1cscn1)C(=O)O. The lowest BCUT2D eigenvalue weighted by atomic mass is 10.1. The Hall–Kier alpha value is -2.16. The standard InChI is InChI=1S/C12H17N3O5S/c1-15(5-8-6-21-7-13-8)12(19)14-9(11(17)18)3-4-10(16)20-2/h6-7,9H,3-5H2,1-2H3,(H,14,19)(H,17,18)/t9-/m1/s1. The van der Waals surface area contributed by atoms with Crippen molar-refractivity contribution in [2.45, 2.75) is 25.4 Å². The molecule has 0 bridgehead atoms. The molecule has 9 heteroatoms. The Kier molecular flexibility index (Phi) is 6.60. The molecule has 0 unspecified atom stereocenters. The van der Waals surface area contributed by atoms with E-state index >= 15 is 0 Å². The number of nitrogens with zero attached hydrogens (tertiary/aromatic N) is 2. The topological polar surface area (TPSA) is 109 Å². The van der Waals surface area contributed by atoms with E-state index in [0.29, 0.717) is 0 Å². The van der Waals surface area contributed by atoms with Crippen LogP contribution in [0.5, 0.6) is 0 Å². The maximum absolute atomic E-state index is 11.9. The number of ether oxygens (including phenoxy) is 1.